The number of hydrogen-bond acceptors (Lipinski definition) is 4. The molecule has 0 radical (unpaired) electrons. The van der Waals surface area contributed by atoms with Crippen molar-refractivity contribution in [3.05, 3.63) is 35.7 Å². The Morgan fingerprint density at radius 1 is 1.18 bits per heavy atom. The van der Waals surface area contributed by atoms with Gasteiger partial charge < -0.3 is 4.52 Å². The summed E-state index contributed by atoms with van der Waals surface area (Å²) >= 11 is 0. The van der Waals surface area contributed by atoms with E-state index in [2.05, 4.69) is 16.2 Å². The first-order chi connectivity index (χ1) is 8.00. The van der Waals surface area contributed by atoms with E-state index in [9.17, 15) is 0 Å². The Labute approximate surface area is 99.9 Å². The van der Waals surface area contributed by atoms with Gasteiger partial charge in [-0.1, -0.05) is 25.9 Å². The Balaban J connectivity index is 2.34. The van der Waals surface area contributed by atoms with E-state index in [1.54, 1.807) is 24.3 Å². The molecule has 0 N–H and O–H groups in total. The molecule has 0 spiro atoms. The molecule has 1 heterocycles. The first-order valence-corrected chi connectivity index (χ1v) is 5.35. The SMILES string of the molecule is CC(C)(C)c1noc(-c2ccc(C#N)cc2)n1. The van der Waals surface area contributed by atoms with Crippen molar-refractivity contribution in [1.82, 2.24) is 10.1 Å². The van der Waals surface area contributed by atoms with Gasteiger partial charge in [-0.15, -0.1) is 0 Å². The van der Waals surface area contributed by atoms with Crippen molar-refractivity contribution >= 4 is 0 Å². The lowest BCUT2D eigenvalue weighted by atomic mass is 9.96. The highest BCUT2D eigenvalue weighted by Gasteiger charge is 2.21. The lowest BCUT2D eigenvalue weighted by Crippen LogP contribution is -2.13. The third kappa shape index (κ3) is 2.34. The topological polar surface area (TPSA) is 62.7 Å². The normalized spacial score (nSPS) is 11.2. The second-order valence-corrected chi connectivity index (χ2v) is 4.86. The van der Waals surface area contributed by atoms with Crippen LogP contribution >= 0.6 is 0 Å². The first-order valence-electron chi connectivity index (χ1n) is 5.35. The zero-order chi connectivity index (χ0) is 12.5. The molecule has 0 atom stereocenters. The summed E-state index contributed by atoms with van der Waals surface area (Å²) in [6, 6.07) is 9.14. The summed E-state index contributed by atoms with van der Waals surface area (Å²) < 4.78 is 5.21. The molecule has 1 aromatic heterocycles. The Morgan fingerprint density at radius 3 is 2.29 bits per heavy atom. The molecule has 2 aromatic rings. The molecule has 0 bridgehead atoms. The predicted molar refractivity (Wildman–Crippen MR) is 63.1 cm³/mol. The van der Waals surface area contributed by atoms with Crippen molar-refractivity contribution in [2.45, 2.75) is 26.2 Å². The predicted octanol–water partition coefficient (Wildman–Crippen LogP) is 2.91. The van der Waals surface area contributed by atoms with Crippen LogP contribution < -0.4 is 0 Å². The zero-order valence-electron chi connectivity index (χ0n) is 10.1. The molecule has 0 saturated heterocycles. The number of benzene rings is 1. The van der Waals surface area contributed by atoms with Gasteiger partial charge in [-0.05, 0) is 24.3 Å². The summed E-state index contributed by atoms with van der Waals surface area (Å²) in [5, 5.41) is 12.7. The number of nitriles is 1. The highest BCUT2D eigenvalue weighted by molar-refractivity contribution is 5.54. The molecule has 17 heavy (non-hydrogen) atoms. The summed E-state index contributed by atoms with van der Waals surface area (Å²) in [6.07, 6.45) is 0. The van der Waals surface area contributed by atoms with Crippen molar-refractivity contribution in [2.24, 2.45) is 0 Å². The van der Waals surface area contributed by atoms with Gasteiger partial charge in [0.1, 0.15) is 0 Å². The maximum atomic E-state index is 8.71. The fourth-order valence-corrected chi connectivity index (χ4v) is 1.33. The van der Waals surface area contributed by atoms with Gasteiger partial charge in [-0.3, -0.25) is 0 Å². The van der Waals surface area contributed by atoms with Crippen LogP contribution in [-0.2, 0) is 5.41 Å². The summed E-state index contributed by atoms with van der Waals surface area (Å²) in [5.41, 5.74) is 1.31. The van der Waals surface area contributed by atoms with Crippen LogP contribution in [-0.4, -0.2) is 10.1 Å². The van der Waals surface area contributed by atoms with Crippen molar-refractivity contribution < 1.29 is 4.52 Å². The average molecular weight is 227 g/mol. The Morgan fingerprint density at radius 2 is 1.82 bits per heavy atom. The van der Waals surface area contributed by atoms with Crippen molar-refractivity contribution in [2.75, 3.05) is 0 Å². The molecule has 0 aliphatic rings. The monoisotopic (exact) mass is 227 g/mol. The highest BCUT2D eigenvalue weighted by atomic mass is 16.5. The molecular formula is C13H13N3O. The smallest absolute Gasteiger partial charge is 0.257 e. The second kappa shape index (κ2) is 4.02. The van der Waals surface area contributed by atoms with Gasteiger partial charge in [0.25, 0.3) is 5.89 Å². The maximum Gasteiger partial charge on any atom is 0.257 e. The van der Waals surface area contributed by atoms with Crippen LogP contribution in [0.3, 0.4) is 0 Å². The summed E-state index contributed by atoms with van der Waals surface area (Å²) in [4.78, 5) is 4.35. The van der Waals surface area contributed by atoms with Crippen LogP contribution in [0.1, 0.15) is 32.2 Å². The van der Waals surface area contributed by atoms with Gasteiger partial charge in [0.15, 0.2) is 5.82 Å². The fraction of sp³-hybridized carbons (Fsp3) is 0.308. The number of rotatable bonds is 1. The lowest BCUT2D eigenvalue weighted by molar-refractivity contribution is 0.402. The lowest BCUT2D eigenvalue weighted by Gasteiger charge is -2.10. The molecule has 0 aliphatic carbocycles. The van der Waals surface area contributed by atoms with Crippen molar-refractivity contribution in [3.8, 4) is 17.5 Å². The maximum absolute atomic E-state index is 8.71. The van der Waals surface area contributed by atoms with Crippen molar-refractivity contribution in [1.29, 1.82) is 5.26 Å². The molecule has 0 aliphatic heterocycles. The summed E-state index contributed by atoms with van der Waals surface area (Å²) in [7, 11) is 0. The van der Waals surface area contributed by atoms with E-state index < -0.39 is 0 Å². The minimum absolute atomic E-state index is 0.131. The van der Waals surface area contributed by atoms with Crippen LogP contribution in [0.4, 0.5) is 0 Å². The van der Waals surface area contributed by atoms with Gasteiger partial charge >= 0.3 is 0 Å². The molecule has 0 amide bonds. The Hall–Kier alpha value is -2.15. The van der Waals surface area contributed by atoms with Gasteiger partial charge in [0.2, 0.25) is 0 Å². The standard InChI is InChI=1S/C13H13N3O/c1-13(2,3)12-15-11(17-16-12)10-6-4-9(8-14)5-7-10/h4-7H,1-3H3. The van der Waals surface area contributed by atoms with Gasteiger partial charge in [-0.25, -0.2) is 0 Å². The van der Waals surface area contributed by atoms with E-state index in [1.165, 1.54) is 0 Å². The van der Waals surface area contributed by atoms with Crippen LogP contribution in [0.2, 0.25) is 0 Å². The molecule has 4 nitrogen and oxygen atoms in total. The number of nitrogens with zero attached hydrogens (tertiary/aromatic N) is 3. The summed E-state index contributed by atoms with van der Waals surface area (Å²) in [5.74, 6) is 1.16. The van der Waals surface area contributed by atoms with Crippen LogP contribution in [0.25, 0.3) is 11.5 Å². The van der Waals surface area contributed by atoms with Gasteiger partial charge in [0.05, 0.1) is 11.6 Å². The zero-order valence-corrected chi connectivity index (χ0v) is 10.1. The molecule has 0 fully saturated rings. The summed E-state index contributed by atoms with van der Waals surface area (Å²) in [6.45, 7) is 6.08. The third-order valence-corrected chi connectivity index (χ3v) is 2.36. The van der Waals surface area contributed by atoms with E-state index in [1.807, 2.05) is 20.8 Å². The van der Waals surface area contributed by atoms with Crippen molar-refractivity contribution in [3.63, 3.8) is 0 Å². The molecule has 2 rings (SSSR count). The van der Waals surface area contributed by atoms with Gasteiger partial charge in [-0.2, -0.15) is 10.2 Å². The molecule has 4 heteroatoms. The second-order valence-electron chi connectivity index (χ2n) is 4.86. The quantitative estimate of drug-likeness (QED) is 0.751. The van der Waals surface area contributed by atoms with E-state index in [0.717, 1.165) is 5.56 Å². The molecular weight excluding hydrogens is 214 g/mol. The molecule has 1 aromatic carbocycles. The van der Waals surface area contributed by atoms with E-state index >= 15 is 0 Å². The van der Waals surface area contributed by atoms with Crippen LogP contribution in [0.15, 0.2) is 28.8 Å². The molecule has 0 saturated carbocycles. The minimum atomic E-state index is -0.131. The Bertz CT molecular complexity index is 556. The number of hydrogen-bond donors (Lipinski definition) is 0. The number of aromatic nitrogens is 2. The fourth-order valence-electron chi connectivity index (χ4n) is 1.33. The third-order valence-electron chi connectivity index (χ3n) is 2.36. The minimum Gasteiger partial charge on any atom is -0.334 e. The van der Waals surface area contributed by atoms with Gasteiger partial charge in [0, 0.05) is 11.0 Å². The van der Waals surface area contributed by atoms with Crippen LogP contribution in [0, 0.1) is 11.3 Å². The Kier molecular flexibility index (Phi) is 2.68. The van der Waals surface area contributed by atoms with E-state index in [0.29, 0.717) is 17.3 Å². The first kappa shape index (κ1) is 11.3. The van der Waals surface area contributed by atoms with E-state index in [4.69, 9.17) is 9.78 Å². The highest BCUT2D eigenvalue weighted by Crippen LogP contribution is 2.23. The molecule has 0 unspecified atom stereocenters. The average Bonchev–Trinajstić information content (AvgIpc) is 2.78. The molecule has 86 valence electrons. The van der Waals surface area contributed by atoms with Crippen LogP contribution in [0.5, 0.6) is 0 Å². The van der Waals surface area contributed by atoms with E-state index in [-0.39, 0.29) is 5.41 Å². The largest absolute Gasteiger partial charge is 0.334 e.